The average molecular weight is 386 g/mol. The zero-order chi connectivity index (χ0) is 20.1. The minimum absolute atomic E-state index is 0.193. The van der Waals surface area contributed by atoms with Gasteiger partial charge in [-0.2, -0.15) is 0 Å². The van der Waals surface area contributed by atoms with Crippen molar-refractivity contribution in [1.82, 2.24) is 20.2 Å². The lowest BCUT2D eigenvalue weighted by atomic mass is 9.98. The van der Waals surface area contributed by atoms with Gasteiger partial charge < -0.3 is 24.7 Å². The van der Waals surface area contributed by atoms with E-state index in [4.69, 9.17) is 9.47 Å². The number of benzene rings is 1. The van der Waals surface area contributed by atoms with Crippen LogP contribution in [0, 0.1) is 0 Å². The van der Waals surface area contributed by atoms with E-state index in [9.17, 15) is 9.59 Å². The molecule has 0 bridgehead atoms. The number of nitrogens with one attached hydrogen (secondary N) is 2. The van der Waals surface area contributed by atoms with Crippen LogP contribution in [0.5, 0.6) is 0 Å². The molecule has 0 atom stereocenters. The number of imidazole rings is 1. The van der Waals surface area contributed by atoms with Gasteiger partial charge in [0, 0.05) is 30.9 Å². The van der Waals surface area contributed by atoms with Gasteiger partial charge in [-0.25, -0.2) is 14.6 Å². The number of alkyl carbamates (subject to hydrolysis) is 1. The second-order valence-electron chi connectivity index (χ2n) is 7.78. The fourth-order valence-electron chi connectivity index (χ4n) is 2.76. The number of hydrogen-bond donors (Lipinski definition) is 2. The van der Waals surface area contributed by atoms with Crippen LogP contribution in [0.2, 0.25) is 0 Å². The predicted molar refractivity (Wildman–Crippen MR) is 103 cm³/mol. The molecule has 0 saturated carbocycles. The molecule has 1 aromatic heterocycles. The summed E-state index contributed by atoms with van der Waals surface area (Å²) in [6.45, 7) is 7.19. The van der Waals surface area contributed by atoms with Crippen LogP contribution >= 0.6 is 0 Å². The first-order chi connectivity index (χ1) is 13.3. The third-order valence-electron chi connectivity index (χ3n) is 4.23. The van der Waals surface area contributed by atoms with Crippen molar-refractivity contribution in [1.29, 1.82) is 0 Å². The van der Waals surface area contributed by atoms with Gasteiger partial charge >= 0.3 is 12.2 Å². The van der Waals surface area contributed by atoms with E-state index in [1.165, 1.54) is 0 Å². The normalized spacial score (nSPS) is 14.3. The first-order valence-corrected chi connectivity index (χ1v) is 9.26. The lowest BCUT2D eigenvalue weighted by molar-refractivity contribution is 0.00789. The Bertz CT molecular complexity index is 807. The van der Waals surface area contributed by atoms with Crippen LogP contribution in [0.1, 0.15) is 43.8 Å². The molecule has 150 valence electrons. The van der Waals surface area contributed by atoms with Gasteiger partial charge in [0.05, 0.1) is 6.54 Å². The molecule has 0 aliphatic carbocycles. The third kappa shape index (κ3) is 5.48. The van der Waals surface area contributed by atoms with E-state index in [1.807, 2.05) is 51.1 Å². The summed E-state index contributed by atoms with van der Waals surface area (Å²) in [5.41, 5.74) is 1.37. The molecule has 0 unspecified atom stereocenters. The van der Waals surface area contributed by atoms with E-state index < -0.39 is 11.7 Å². The molecule has 8 heteroatoms. The van der Waals surface area contributed by atoms with Gasteiger partial charge in [0.15, 0.2) is 0 Å². The number of aromatic nitrogens is 2. The van der Waals surface area contributed by atoms with Gasteiger partial charge in [-0.3, -0.25) is 0 Å². The maximum absolute atomic E-state index is 12.0. The SMILES string of the molecule is CC(C)(C)OC(=O)N1CC(c2cnc(CNC(=O)OCc3ccccc3)[nH]2)C1. The molecule has 1 saturated heterocycles. The monoisotopic (exact) mass is 386 g/mol. The van der Waals surface area contributed by atoms with E-state index in [2.05, 4.69) is 15.3 Å². The topological polar surface area (TPSA) is 96.6 Å². The second kappa shape index (κ2) is 8.33. The summed E-state index contributed by atoms with van der Waals surface area (Å²) in [6.07, 6.45) is 0.941. The smallest absolute Gasteiger partial charge is 0.410 e. The summed E-state index contributed by atoms with van der Waals surface area (Å²) >= 11 is 0. The maximum atomic E-state index is 12.0. The van der Waals surface area contributed by atoms with Crippen LogP contribution in [0.15, 0.2) is 36.5 Å². The van der Waals surface area contributed by atoms with Crippen molar-refractivity contribution in [2.45, 2.75) is 45.4 Å². The van der Waals surface area contributed by atoms with Crippen molar-refractivity contribution < 1.29 is 19.1 Å². The summed E-state index contributed by atoms with van der Waals surface area (Å²) in [5, 5.41) is 2.67. The first kappa shape index (κ1) is 19.7. The van der Waals surface area contributed by atoms with Crippen molar-refractivity contribution in [3.63, 3.8) is 0 Å². The summed E-state index contributed by atoms with van der Waals surface area (Å²) in [4.78, 5) is 32.9. The Morgan fingerprint density at radius 3 is 2.64 bits per heavy atom. The zero-order valence-corrected chi connectivity index (χ0v) is 16.4. The molecular weight excluding hydrogens is 360 g/mol. The van der Waals surface area contributed by atoms with Crippen LogP contribution in [0.3, 0.4) is 0 Å². The minimum Gasteiger partial charge on any atom is -0.445 e. The Kier molecular flexibility index (Phi) is 5.87. The molecule has 1 fully saturated rings. The largest absolute Gasteiger partial charge is 0.445 e. The highest BCUT2D eigenvalue weighted by Gasteiger charge is 2.35. The average Bonchev–Trinajstić information content (AvgIpc) is 3.04. The molecule has 2 aromatic rings. The fraction of sp³-hybridized carbons (Fsp3) is 0.450. The number of aromatic amines is 1. The first-order valence-electron chi connectivity index (χ1n) is 9.26. The number of nitrogens with zero attached hydrogens (tertiary/aromatic N) is 2. The van der Waals surface area contributed by atoms with Gasteiger partial charge in [0.1, 0.15) is 18.0 Å². The quantitative estimate of drug-likeness (QED) is 0.823. The summed E-state index contributed by atoms with van der Waals surface area (Å²) in [7, 11) is 0. The highest BCUT2D eigenvalue weighted by Crippen LogP contribution is 2.27. The van der Waals surface area contributed by atoms with Crippen molar-refractivity contribution in [2.24, 2.45) is 0 Å². The fourth-order valence-corrected chi connectivity index (χ4v) is 2.76. The molecule has 1 aromatic carbocycles. The highest BCUT2D eigenvalue weighted by atomic mass is 16.6. The van der Waals surface area contributed by atoms with E-state index in [0.29, 0.717) is 18.9 Å². The molecular formula is C20H26N4O4. The van der Waals surface area contributed by atoms with E-state index in [0.717, 1.165) is 11.3 Å². The van der Waals surface area contributed by atoms with Crippen LogP contribution in [0.25, 0.3) is 0 Å². The minimum atomic E-state index is -0.499. The number of carbonyl (C=O) groups excluding carboxylic acids is 2. The number of rotatable bonds is 5. The van der Waals surface area contributed by atoms with Gasteiger partial charge in [-0.05, 0) is 26.3 Å². The van der Waals surface area contributed by atoms with Crippen molar-refractivity contribution in [3.8, 4) is 0 Å². The maximum Gasteiger partial charge on any atom is 0.410 e. The number of ether oxygens (including phenoxy) is 2. The molecule has 3 rings (SSSR count). The van der Waals surface area contributed by atoms with E-state index >= 15 is 0 Å². The van der Waals surface area contributed by atoms with Gasteiger partial charge in [0.25, 0.3) is 0 Å². The predicted octanol–water partition coefficient (Wildman–Crippen LogP) is 3.17. The number of likely N-dealkylation sites (tertiary alicyclic amines) is 1. The number of carbonyl (C=O) groups is 2. The number of hydrogen-bond acceptors (Lipinski definition) is 5. The lowest BCUT2D eigenvalue weighted by Gasteiger charge is -2.39. The van der Waals surface area contributed by atoms with Crippen LogP contribution in [-0.4, -0.2) is 45.7 Å². The van der Waals surface area contributed by atoms with Crippen molar-refractivity contribution in [3.05, 3.63) is 53.6 Å². The van der Waals surface area contributed by atoms with Crippen LogP contribution in [-0.2, 0) is 22.6 Å². The molecule has 2 heterocycles. The number of amides is 2. The zero-order valence-electron chi connectivity index (χ0n) is 16.4. The summed E-state index contributed by atoms with van der Waals surface area (Å²) in [6, 6.07) is 9.49. The van der Waals surface area contributed by atoms with Gasteiger partial charge in [-0.15, -0.1) is 0 Å². The van der Waals surface area contributed by atoms with Gasteiger partial charge in [0.2, 0.25) is 0 Å². The Balaban J connectivity index is 1.39. The lowest BCUT2D eigenvalue weighted by Crippen LogP contribution is -2.50. The van der Waals surface area contributed by atoms with Crippen LogP contribution < -0.4 is 5.32 Å². The Morgan fingerprint density at radius 2 is 1.96 bits per heavy atom. The van der Waals surface area contributed by atoms with E-state index in [1.54, 1.807) is 11.1 Å². The van der Waals surface area contributed by atoms with Crippen molar-refractivity contribution in [2.75, 3.05) is 13.1 Å². The molecule has 1 aliphatic rings. The molecule has 2 amide bonds. The summed E-state index contributed by atoms with van der Waals surface area (Å²) in [5.74, 6) is 0.834. The molecule has 1 aliphatic heterocycles. The number of H-pyrrole nitrogens is 1. The molecule has 8 nitrogen and oxygen atoms in total. The molecule has 28 heavy (non-hydrogen) atoms. The summed E-state index contributed by atoms with van der Waals surface area (Å²) < 4.78 is 10.5. The highest BCUT2D eigenvalue weighted by molar-refractivity contribution is 5.69. The third-order valence-corrected chi connectivity index (χ3v) is 4.23. The molecule has 2 N–H and O–H groups in total. The van der Waals surface area contributed by atoms with E-state index in [-0.39, 0.29) is 25.2 Å². The van der Waals surface area contributed by atoms with Crippen LogP contribution in [0.4, 0.5) is 9.59 Å². The standard InChI is InChI=1S/C20H26N4O4/c1-20(2,3)28-19(26)24-11-15(12-24)16-9-21-17(23-16)10-22-18(25)27-13-14-7-5-4-6-8-14/h4-9,15H,10-13H2,1-3H3,(H,21,23)(H,22,25). The van der Waals surface area contributed by atoms with Crippen molar-refractivity contribution >= 4 is 12.2 Å². The van der Waals surface area contributed by atoms with Gasteiger partial charge in [-0.1, -0.05) is 30.3 Å². The molecule has 0 spiro atoms. The Hall–Kier alpha value is -3.03. The Morgan fingerprint density at radius 1 is 1.25 bits per heavy atom. The second-order valence-corrected chi connectivity index (χ2v) is 7.78. The Labute approximate surface area is 164 Å². The molecule has 0 radical (unpaired) electrons.